The molecule has 0 aliphatic carbocycles. The highest BCUT2D eigenvalue weighted by atomic mass is 16.6. The van der Waals surface area contributed by atoms with Crippen LogP contribution in [0.3, 0.4) is 0 Å². The van der Waals surface area contributed by atoms with E-state index < -0.39 is 0 Å². The van der Waals surface area contributed by atoms with Crippen LogP contribution in [0.25, 0.3) is 5.57 Å². The summed E-state index contributed by atoms with van der Waals surface area (Å²) in [6, 6.07) is 7.89. The average Bonchev–Trinajstić information content (AvgIpc) is 2.48. The van der Waals surface area contributed by atoms with Crippen molar-refractivity contribution in [2.24, 2.45) is 0 Å². The van der Waals surface area contributed by atoms with Crippen molar-refractivity contribution in [2.45, 2.75) is 13.3 Å². The van der Waals surface area contributed by atoms with Crippen LogP contribution >= 0.6 is 0 Å². The first kappa shape index (κ1) is 13.5. The molecule has 0 unspecified atom stereocenters. The molecule has 4 heteroatoms. The molecule has 0 saturated heterocycles. The summed E-state index contributed by atoms with van der Waals surface area (Å²) in [5.74, 6) is 0.826. The second kappa shape index (κ2) is 6.27. The van der Waals surface area contributed by atoms with Crippen LogP contribution in [-0.2, 0) is 4.74 Å². The van der Waals surface area contributed by atoms with Gasteiger partial charge in [0.25, 0.3) is 0 Å². The fourth-order valence-electron chi connectivity index (χ4n) is 2.15. The summed E-state index contributed by atoms with van der Waals surface area (Å²) in [4.78, 5) is 13.5. The number of methoxy groups -OCH3 is 1. The molecule has 2 rings (SSSR count). The van der Waals surface area contributed by atoms with Crippen LogP contribution < -0.4 is 4.74 Å². The monoisotopic (exact) mass is 261 g/mol. The van der Waals surface area contributed by atoms with Gasteiger partial charge in [-0.2, -0.15) is 0 Å². The molecule has 0 radical (unpaired) electrons. The lowest BCUT2D eigenvalue weighted by Gasteiger charge is -2.26. The third-order valence-electron chi connectivity index (χ3n) is 3.12. The van der Waals surface area contributed by atoms with Crippen LogP contribution in [0.2, 0.25) is 0 Å². The Kier molecular flexibility index (Phi) is 4.44. The number of carbonyl (C=O) groups excluding carboxylic acids is 1. The first-order valence-electron chi connectivity index (χ1n) is 6.49. The summed E-state index contributed by atoms with van der Waals surface area (Å²) < 4.78 is 10.3. The van der Waals surface area contributed by atoms with Crippen molar-refractivity contribution in [3.8, 4) is 5.75 Å². The predicted molar refractivity (Wildman–Crippen MR) is 74.2 cm³/mol. The zero-order valence-corrected chi connectivity index (χ0v) is 11.4. The summed E-state index contributed by atoms with van der Waals surface area (Å²) in [6.45, 7) is 3.53. The summed E-state index contributed by atoms with van der Waals surface area (Å²) >= 11 is 0. The highest BCUT2D eigenvalue weighted by molar-refractivity contribution is 5.75. The summed E-state index contributed by atoms with van der Waals surface area (Å²) in [5.41, 5.74) is 2.23. The van der Waals surface area contributed by atoms with Gasteiger partial charge in [-0.1, -0.05) is 18.2 Å². The number of ether oxygens (including phenoxy) is 2. The molecule has 102 valence electrons. The lowest BCUT2D eigenvalue weighted by atomic mass is 10.0. The van der Waals surface area contributed by atoms with Crippen molar-refractivity contribution in [3.63, 3.8) is 0 Å². The fraction of sp³-hybridized carbons (Fsp3) is 0.400. The highest BCUT2D eigenvalue weighted by Gasteiger charge is 2.19. The second-order valence-corrected chi connectivity index (χ2v) is 4.37. The van der Waals surface area contributed by atoms with E-state index in [4.69, 9.17) is 9.47 Å². The Bertz CT molecular complexity index is 482. The van der Waals surface area contributed by atoms with Crippen molar-refractivity contribution in [3.05, 3.63) is 35.9 Å². The Morgan fingerprint density at radius 1 is 1.42 bits per heavy atom. The Balaban J connectivity index is 2.12. The quantitative estimate of drug-likeness (QED) is 0.839. The molecule has 1 heterocycles. The van der Waals surface area contributed by atoms with Gasteiger partial charge in [0.15, 0.2) is 0 Å². The second-order valence-electron chi connectivity index (χ2n) is 4.37. The summed E-state index contributed by atoms with van der Waals surface area (Å²) in [7, 11) is 1.65. The van der Waals surface area contributed by atoms with Crippen LogP contribution in [0.1, 0.15) is 18.9 Å². The largest absolute Gasteiger partial charge is 0.497 e. The molecule has 0 N–H and O–H groups in total. The number of rotatable bonds is 3. The lowest BCUT2D eigenvalue weighted by Crippen LogP contribution is -2.35. The van der Waals surface area contributed by atoms with E-state index in [9.17, 15) is 4.79 Å². The molecule has 0 bridgehead atoms. The highest BCUT2D eigenvalue weighted by Crippen LogP contribution is 2.24. The van der Waals surface area contributed by atoms with Crippen molar-refractivity contribution < 1.29 is 14.3 Å². The van der Waals surface area contributed by atoms with Crippen LogP contribution in [0.4, 0.5) is 4.79 Å². The molecule has 1 aliphatic heterocycles. The summed E-state index contributed by atoms with van der Waals surface area (Å²) in [6.07, 6.45) is 2.78. The molecule has 1 aliphatic rings. The average molecular weight is 261 g/mol. The third kappa shape index (κ3) is 3.28. The van der Waals surface area contributed by atoms with Crippen LogP contribution in [0.5, 0.6) is 5.75 Å². The van der Waals surface area contributed by atoms with Crippen LogP contribution in [0.15, 0.2) is 30.3 Å². The topological polar surface area (TPSA) is 38.8 Å². The Labute approximate surface area is 113 Å². The third-order valence-corrected chi connectivity index (χ3v) is 3.12. The maximum atomic E-state index is 11.7. The molecule has 0 atom stereocenters. The van der Waals surface area contributed by atoms with Gasteiger partial charge in [-0.15, -0.1) is 0 Å². The molecule has 1 amide bonds. The van der Waals surface area contributed by atoms with E-state index in [-0.39, 0.29) is 6.09 Å². The number of benzene rings is 1. The zero-order valence-electron chi connectivity index (χ0n) is 11.4. The van der Waals surface area contributed by atoms with E-state index in [1.807, 2.05) is 31.2 Å². The molecule has 1 aromatic rings. The molecule has 0 aromatic heterocycles. The lowest BCUT2D eigenvalue weighted by molar-refractivity contribution is 0.111. The zero-order chi connectivity index (χ0) is 13.7. The van der Waals surface area contributed by atoms with Gasteiger partial charge in [-0.25, -0.2) is 4.79 Å². The molecule has 0 spiro atoms. The Hall–Kier alpha value is -1.97. The number of carbonyl (C=O) groups is 1. The molecule has 0 saturated carbocycles. The van der Waals surface area contributed by atoms with Gasteiger partial charge in [0.2, 0.25) is 0 Å². The van der Waals surface area contributed by atoms with E-state index in [2.05, 4.69) is 6.08 Å². The van der Waals surface area contributed by atoms with Gasteiger partial charge < -0.3 is 14.4 Å². The number of amides is 1. The molecular weight excluding hydrogens is 242 g/mol. The van der Waals surface area contributed by atoms with Crippen molar-refractivity contribution in [1.82, 2.24) is 4.90 Å². The van der Waals surface area contributed by atoms with E-state index in [1.165, 1.54) is 0 Å². The minimum atomic E-state index is -0.240. The molecule has 4 nitrogen and oxygen atoms in total. The van der Waals surface area contributed by atoms with E-state index >= 15 is 0 Å². The van der Waals surface area contributed by atoms with Crippen molar-refractivity contribution >= 4 is 11.7 Å². The van der Waals surface area contributed by atoms with Gasteiger partial charge >= 0.3 is 6.09 Å². The van der Waals surface area contributed by atoms with Crippen LogP contribution in [0, 0.1) is 0 Å². The van der Waals surface area contributed by atoms with E-state index in [0.717, 1.165) is 23.3 Å². The first-order chi connectivity index (χ1) is 9.24. The maximum Gasteiger partial charge on any atom is 0.410 e. The number of hydrogen-bond donors (Lipinski definition) is 0. The maximum absolute atomic E-state index is 11.7. The fourth-order valence-corrected chi connectivity index (χ4v) is 2.15. The smallest absolute Gasteiger partial charge is 0.410 e. The normalized spacial score (nSPS) is 14.8. The van der Waals surface area contributed by atoms with Gasteiger partial charge in [0.1, 0.15) is 5.75 Å². The van der Waals surface area contributed by atoms with Crippen molar-refractivity contribution in [1.29, 1.82) is 0 Å². The minimum Gasteiger partial charge on any atom is -0.497 e. The predicted octanol–water partition coefficient (Wildman–Crippen LogP) is 2.94. The van der Waals surface area contributed by atoms with Crippen LogP contribution in [-0.4, -0.2) is 37.8 Å². The van der Waals surface area contributed by atoms with Gasteiger partial charge in [0.05, 0.1) is 13.7 Å². The van der Waals surface area contributed by atoms with E-state index in [1.54, 1.807) is 12.0 Å². The molecule has 0 fully saturated rings. The minimum absolute atomic E-state index is 0.240. The van der Waals surface area contributed by atoms with Gasteiger partial charge in [0, 0.05) is 13.1 Å². The Morgan fingerprint density at radius 2 is 2.26 bits per heavy atom. The van der Waals surface area contributed by atoms with Gasteiger partial charge in [-0.3, -0.25) is 0 Å². The van der Waals surface area contributed by atoms with E-state index in [0.29, 0.717) is 19.7 Å². The number of hydrogen-bond acceptors (Lipinski definition) is 3. The molecule has 1 aromatic carbocycles. The summed E-state index contributed by atoms with van der Waals surface area (Å²) in [5, 5.41) is 0. The first-order valence-corrected chi connectivity index (χ1v) is 6.49. The SMILES string of the molecule is CCOC(=O)N1CCC=C(c2cccc(OC)c2)C1. The number of nitrogens with zero attached hydrogens (tertiary/aromatic N) is 1. The van der Waals surface area contributed by atoms with Crippen molar-refractivity contribution in [2.75, 3.05) is 26.8 Å². The molecular formula is C15H19NO3. The Morgan fingerprint density at radius 3 is 3.00 bits per heavy atom. The standard InChI is InChI=1S/C15H19NO3/c1-3-19-15(17)16-9-5-7-13(11-16)12-6-4-8-14(10-12)18-2/h4,6-8,10H,3,5,9,11H2,1-2H3. The molecule has 19 heavy (non-hydrogen) atoms. The van der Waals surface area contributed by atoms with Gasteiger partial charge in [-0.05, 0) is 36.6 Å².